The van der Waals surface area contributed by atoms with E-state index >= 15 is 0 Å². The Kier molecular flexibility index (Phi) is 20.6. The van der Waals surface area contributed by atoms with Crippen LogP contribution in [0.15, 0.2) is 243 Å². The fourth-order valence-corrected chi connectivity index (χ4v) is 13.0. The first-order valence-corrected chi connectivity index (χ1v) is 27.3. The fourth-order valence-electron chi connectivity index (χ4n) is 6.17. The largest absolute Gasteiger partial charge is 0.154 e. The summed E-state index contributed by atoms with van der Waals surface area (Å²) in [6.45, 7) is 9.22. The minimum Gasteiger partial charge on any atom is -0.0624 e. The van der Waals surface area contributed by atoms with Crippen LogP contribution in [0, 0.1) is 0 Å². The summed E-state index contributed by atoms with van der Waals surface area (Å²) in [6.07, 6.45) is 0. The van der Waals surface area contributed by atoms with E-state index < -0.39 is 17.6 Å². The van der Waals surface area contributed by atoms with Crippen molar-refractivity contribution in [3.63, 3.8) is 0 Å². The van der Waals surface area contributed by atoms with Crippen LogP contribution >= 0.6 is 15.8 Å². The van der Waals surface area contributed by atoms with Crippen LogP contribution in [0.25, 0.3) is 0 Å². The summed E-state index contributed by atoms with van der Waals surface area (Å²) in [5, 5.41) is 11.6. The number of rotatable bonds is 8. The molecule has 0 aromatic heterocycles. The molecule has 0 bridgehead atoms. The van der Waals surface area contributed by atoms with Crippen molar-refractivity contribution in [1.82, 2.24) is 0 Å². The van der Waals surface area contributed by atoms with E-state index in [2.05, 4.69) is 269 Å². The number of hydrogen-bond donors (Lipinski definition) is 0. The maximum atomic E-state index is 2.31. The minimum absolute atomic E-state index is 0. The van der Waals surface area contributed by atoms with E-state index in [4.69, 9.17) is 0 Å². The molecular formula is C52H54P2PtSi2+2. The zero-order chi connectivity index (χ0) is 39.2. The predicted molar refractivity (Wildman–Crippen MR) is 260 cm³/mol. The van der Waals surface area contributed by atoms with E-state index in [1.165, 1.54) is 41.7 Å². The van der Waals surface area contributed by atoms with E-state index in [0.29, 0.717) is 0 Å². The Morgan fingerprint density at radius 2 is 0.368 bits per heavy atom. The third kappa shape index (κ3) is 15.2. The van der Waals surface area contributed by atoms with Gasteiger partial charge in [-0.3, -0.25) is 0 Å². The monoisotopic (exact) mass is 991 g/mol. The summed E-state index contributed by atoms with van der Waals surface area (Å²) < 4.78 is 0. The van der Waals surface area contributed by atoms with Gasteiger partial charge in [0, 0.05) is 36.9 Å². The minimum atomic E-state index is -0.877. The van der Waals surface area contributed by atoms with Crippen LogP contribution < -0.4 is 41.7 Å². The van der Waals surface area contributed by atoms with Crippen LogP contribution in [0.1, 0.15) is 0 Å². The van der Waals surface area contributed by atoms with Gasteiger partial charge in [-0.05, 0) is 24.3 Å². The summed E-state index contributed by atoms with van der Waals surface area (Å²) in [5.41, 5.74) is 0. The van der Waals surface area contributed by atoms with Gasteiger partial charge < -0.3 is 0 Å². The summed E-state index contributed by atoms with van der Waals surface area (Å²) >= 11 is 0. The number of benzene rings is 8. The van der Waals surface area contributed by atoms with Crippen molar-refractivity contribution in [3.8, 4) is 0 Å². The average Bonchev–Trinajstić information content (AvgIpc) is 3.27. The Labute approximate surface area is 363 Å². The Morgan fingerprint density at radius 3 is 0.491 bits per heavy atom. The molecule has 2 radical (unpaired) electrons. The number of hydrogen-bond acceptors (Lipinski definition) is 0. The first-order chi connectivity index (χ1) is 27.5. The van der Waals surface area contributed by atoms with Gasteiger partial charge in [-0.15, -0.1) is 0 Å². The Balaban J connectivity index is 0.000000178. The molecule has 8 aromatic rings. The van der Waals surface area contributed by atoms with Crippen LogP contribution in [-0.2, 0) is 21.1 Å². The Bertz CT molecular complexity index is 1830. The van der Waals surface area contributed by atoms with Crippen LogP contribution in [-0.4, -0.2) is 44.3 Å². The van der Waals surface area contributed by atoms with Crippen molar-refractivity contribution < 1.29 is 21.1 Å². The molecule has 0 heterocycles. The van der Waals surface area contributed by atoms with E-state index in [-0.39, 0.29) is 36.9 Å². The van der Waals surface area contributed by atoms with Crippen molar-refractivity contribution >= 4 is 75.2 Å². The second-order valence-corrected chi connectivity index (χ2v) is 23.8. The molecular weight excluding hydrogens is 938 g/mol. The fraction of sp³-hybridized carbons (Fsp3) is 0.0769. The molecule has 0 N–H and O–H groups in total. The van der Waals surface area contributed by atoms with Crippen molar-refractivity contribution in [2.75, 3.05) is 26.7 Å². The first kappa shape index (κ1) is 45.4. The normalized spacial score (nSPS) is 10.2. The summed E-state index contributed by atoms with van der Waals surface area (Å²) in [6, 6.07) is 86.4. The molecule has 8 rings (SSSR count). The van der Waals surface area contributed by atoms with E-state index in [1.54, 1.807) is 0 Å². The van der Waals surface area contributed by atoms with Crippen molar-refractivity contribution in [1.29, 1.82) is 0 Å². The van der Waals surface area contributed by atoms with Gasteiger partial charge in [0.1, 0.15) is 0 Å². The quantitative estimate of drug-likeness (QED) is 0.0825. The van der Waals surface area contributed by atoms with Crippen LogP contribution in [0.3, 0.4) is 0 Å². The second-order valence-electron chi connectivity index (χ2n) is 13.7. The molecule has 0 saturated heterocycles. The summed E-state index contributed by atoms with van der Waals surface area (Å²) in [7, 11) is -2.18. The maximum absolute atomic E-state index is 2.31. The SMILES string of the molecule is C[PH+](C)c1ccccc1.C[PH+](C)c1ccccc1.[Pt].c1ccc([Si](c2ccccc2)c2ccccc2)cc1.c1ccc([Si](c2ccccc2)c2ccccc2)cc1. The summed E-state index contributed by atoms with van der Waals surface area (Å²) in [5.74, 6) is 0. The first-order valence-electron chi connectivity index (χ1n) is 19.3. The van der Waals surface area contributed by atoms with Crippen molar-refractivity contribution in [2.24, 2.45) is 0 Å². The van der Waals surface area contributed by atoms with Gasteiger partial charge in [0.2, 0.25) is 0 Å². The van der Waals surface area contributed by atoms with E-state index in [1.807, 2.05) is 0 Å². The zero-order valence-corrected chi connectivity index (χ0v) is 39.7. The smallest absolute Gasteiger partial charge is 0.0624 e. The molecule has 8 aromatic carbocycles. The third-order valence-electron chi connectivity index (χ3n) is 9.08. The van der Waals surface area contributed by atoms with Crippen LogP contribution in [0.5, 0.6) is 0 Å². The molecule has 0 atom stereocenters. The third-order valence-corrected chi connectivity index (χ3v) is 17.5. The Morgan fingerprint density at radius 1 is 0.228 bits per heavy atom. The van der Waals surface area contributed by atoms with Crippen LogP contribution in [0.4, 0.5) is 0 Å². The molecule has 5 heteroatoms. The molecule has 0 aliphatic heterocycles. The van der Waals surface area contributed by atoms with E-state index in [9.17, 15) is 0 Å². The topological polar surface area (TPSA) is 0 Å². The van der Waals surface area contributed by atoms with Crippen molar-refractivity contribution in [2.45, 2.75) is 0 Å². The predicted octanol–water partition coefficient (Wildman–Crippen LogP) is 7.97. The van der Waals surface area contributed by atoms with Gasteiger partial charge in [-0.2, -0.15) is 0 Å². The van der Waals surface area contributed by atoms with Gasteiger partial charge in [0.05, 0.1) is 37.3 Å². The molecule has 0 aliphatic rings. The zero-order valence-electron chi connectivity index (χ0n) is 33.4. The average molecular weight is 992 g/mol. The molecule has 0 fully saturated rings. The van der Waals surface area contributed by atoms with Gasteiger partial charge in [0.25, 0.3) is 0 Å². The second kappa shape index (κ2) is 25.9. The maximum Gasteiger partial charge on any atom is 0.154 e. The molecule has 0 spiro atoms. The van der Waals surface area contributed by atoms with Crippen molar-refractivity contribution in [3.05, 3.63) is 243 Å². The van der Waals surface area contributed by atoms with E-state index in [0.717, 1.165) is 0 Å². The van der Waals surface area contributed by atoms with Gasteiger partial charge >= 0.3 is 0 Å². The molecule has 0 saturated carbocycles. The van der Waals surface area contributed by atoms with Gasteiger partial charge in [-0.1, -0.05) is 250 Å². The van der Waals surface area contributed by atoms with Gasteiger partial charge in [-0.25, -0.2) is 0 Å². The summed E-state index contributed by atoms with van der Waals surface area (Å²) in [4.78, 5) is 0. The van der Waals surface area contributed by atoms with Crippen LogP contribution in [0.2, 0.25) is 0 Å². The standard InChI is InChI=1S/2C18H15Si.2C8H11P.Pt/c2*1-4-10-16(11-5-1)19(17-12-6-2-7-13-17)18-14-8-3-9-15-18;2*1-9(2)8-6-4-3-5-7-8;/h2*1-15H;2*3-7H,1-2H3;/p+2. The molecule has 0 nitrogen and oxygen atoms in total. The molecule has 0 unspecified atom stereocenters. The molecule has 288 valence electrons. The molecule has 0 amide bonds. The Hall–Kier alpha value is -4.26. The molecule has 0 aliphatic carbocycles. The van der Waals surface area contributed by atoms with Gasteiger partial charge in [0.15, 0.2) is 17.6 Å². The molecule has 57 heavy (non-hydrogen) atoms.